The van der Waals surface area contributed by atoms with Crippen LogP contribution in [0.3, 0.4) is 0 Å². The van der Waals surface area contributed by atoms with Crippen LogP contribution in [-0.2, 0) is 33.3 Å². The van der Waals surface area contributed by atoms with Gasteiger partial charge in [0.1, 0.15) is 23.9 Å². The highest BCUT2D eigenvalue weighted by molar-refractivity contribution is 5.89. The van der Waals surface area contributed by atoms with E-state index in [0.717, 1.165) is 0 Å². The number of hydrogen-bond acceptors (Lipinski definition) is 10. The van der Waals surface area contributed by atoms with Crippen LogP contribution in [0.1, 0.15) is 78.1 Å². The summed E-state index contributed by atoms with van der Waals surface area (Å²) in [5.41, 5.74) is -2.96. The number of carbonyl (C=O) groups is 4. The van der Waals surface area contributed by atoms with Gasteiger partial charge in [-0.25, -0.2) is 4.79 Å². The molecule has 0 amide bonds. The van der Waals surface area contributed by atoms with E-state index in [-0.39, 0.29) is 30.4 Å². The van der Waals surface area contributed by atoms with Gasteiger partial charge in [-0.3, -0.25) is 14.4 Å². The lowest BCUT2D eigenvalue weighted by molar-refractivity contribution is -0.234. The maximum absolute atomic E-state index is 13.7. The van der Waals surface area contributed by atoms with Gasteiger partial charge in [-0.1, -0.05) is 45.5 Å². The quantitative estimate of drug-likeness (QED) is 0.291. The summed E-state index contributed by atoms with van der Waals surface area (Å²) in [4.78, 5) is 51.3. The number of carbonyl (C=O) groups excluding carboxylic acids is 4. The van der Waals surface area contributed by atoms with Crippen molar-refractivity contribution in [2.24, 2.45) is 16.7 Å². The van der Waals surface area contributed by atoms with Crippen LogP contribution < -0.4 is 0 Å². The summed E-state index contributed by atoms with van der Waals surface area (Å²) in [6, 6.07) is 8.29. The summed E-state index contributed by atoms with van der Waals surface area (Å²) < 4.78 is 24.0. The van der Waals surface area contributed by atoms with E-state index < -0.39 is 76.7 Å². The van der Waals surface area contributed by atoms with Gasteiger partial charge in [0, 0.05) is 43.9 Å². The molecule has 43 heavy (non-hydrogen) atoms. The average molecular weight is 599 g/mol. The highest BCUT2D eigenvalue weighted by atomic mass is 16.6. The second-order valence-electron chi connectivity index (χ2n) is 12.8. The van der Waals surface area contributed by atoms with Gasteiger partial charge in [0.25, 0.3) is 0 Å². The highest BCUT2D eigenvalue weighted by Gasteiger charge is 2.69. The van der Waals surface area contributed by atoms with Crippen LogP contribution in [0.25, 0.3) is 0 Å². The van der Waals surface area contributed by atoms with Crippen LogP contribution in [0.5, 0.6) is 0 Å². The second kappa shape index (κ2) is 11.5. The normalized spacial score (nSPS) is 35.0. The van der Waals surface area contributed by atoms with Crippen molar-refractivity contribution in [1.82, 2.24) is 0 Å². The van der Waals surface area contributed by atoms with Crippen molar-refractivity contribution >= 4 is 23.9 Å². The van der Waals surface area contributed by atoms with E-state index in [1.807, 2.05) is 0 Å². The van der Waals surface area contributed by atoms with Crippen LogP contribution >= 0.6 is 0 Å². The molecular weight excluding hydrogens is 556 g/mol. The van der Waals surface area contributed by atoms with E-state index in [0.29, 0.717) is 11.1 Å². The standard InChI is InChI=1S/C33H42O10/c1-17-23(37)14-15-32(8)26(17)28(43-30(38)22-12-10-9-11-13-22)33(39)16-24(40-19(3)34)18(2)25(31(33,6)7)27(41-20(4)35)29(32)42-21(5)36/h9-13,23-24,26-29,37,39H,1,14-16H2,2-8H3/t23-,24-,26+,27+,28+,29-,32+,33+/m0/s1. The van der Waals surface area contributed by atoms with E-state index in [9.17, 15) is 29.4 Å². The summed E-state index contributed by atoms with van der Waals surface area (Å²) in [7, 11) is 0. The fourth-order valence-electron chi connectivity index (χ4n) is 7.62. The number of hydrogen-bond donors (Lipinski definition) is 2. The molecule has 3 aliphatic carbocycles. The Morgan fingerprint density at radius 1 is 0.884 bits per heavy atom. The highest BCUT2D eigenvalue weighted by Crippen LogP contribution is 2.62. The van der Waals surface area contributed by atoms with E-state index in [4.69, 9.17) is 18.9 Å². The Labute approximate surface area is 252 Å². The van der Waals surface area contributed by atoms with Gasteiger partial charge in [0.15, 0.2) is 6.10 Å². The Balaban J connectivity index is 2.09. The molecular formula is C33H42O10. The molecule has 8 atom stereocenters. The lowest BCUT2D eigenvalue weighted by Gasteiger charge is -2.62. The van der Waals surface area contributed by atoms with Crippen LogP contribution in [0.2, 0.25) is 0 Å². The van der Waals surface area contributed by atoms with Crippen molar-refractivity contribution in [1.29, 1.82) is 0 Å². The van der Waals surface area contributed by atoms with Gasteiger partial charge in [0.05, 0.1) is 11.7 Å². The lowest BCUT2D eigenvalue weighted by atomic mass is 9.47. The summed E-state index contributed by atoms with van der Waals surface area (Å²) >= 11 is 0. The topological polar surface area (TPSA) is 146 Å². The molecule has 0 radical (unpaired) electrons. The molecule has 2 N–H and O–H groups in total. The molecule has 0 heterocycles. The molecule has 4 rings (SSSR count). The number of benzene rings is 1. The number of esters is 4. The van der Waals surface area contributed by atoms with Crippen molar-refractivity contribution in [2.45, 2.75) is 104 Å². The largest absolute Gasteiger partial charge is 0.458 e. The minimum Gasteiger partial charge on any atom is -0.458 e. The molecule has 10 heteroatoms. The molecule has 0 aromatic heterocycles. The van der Waals surface area contributed by atoms with Crippen molar-refractivity contribution in [3.8, 4) is 0 Å². The fraction of sp³-hybridized carbons (Fsp3) is 0.576. The minimum atomic E-state index is -1.95. The number of aliphatic hydroxyl groups is 2. The third-order valence-corrected chi connectivity index (χ3v) is 9.77. The predicted molar refractivity (Wildman–Crippen MR) is 154 cm³/mol. The van der Waals surface area contributed by atoms with Gasteiger partial charge in [-0.15, -0.1) is 0 Å². The second-order valence-corrected chi connectivity index (χ2v) is 12.8. The Morgan fingerprint density at radius 3 is 2.02 bits per heavy atom. The predicted octanol–water partition coefficient (Wildman–Crippen LogP) is 3.83. The van der Waals surface area contributed by atoms with Crippen molar-refractivity contribution < 1.29 is 48.3 Å². The Bertz CT molecular complexity index is 1350. The van der Waals surface area contributed by atoms with Crippen LogP contribution in [0.4, 0.5) is 0 Å². The first kappa shape index (κ1) is 32.4. The summed E-state index contributed by atoms with van der Waals surface area (Å²) in [6.45, 7) is 14.9. The number of ether oxygens (including phenoxy) is 4. The molecule has 234 valence electrons. The third kappa shape index (κ3) is 5.51. The number of rotatable bonds is 5. The van der Waals surface area contributed by atoms with Gasteiger partial charge in [0.2, 0.25) is 0 Å². The molecule has 2 bridgehead atoms. The molecule has 0 saturated heterocycles. The molecule has 10 nitrogen and oxygen atoms in total. The van der Waals surface area contributed by atoms with Crippen LogP contribution in [0, 0.1) is 16.7 Å². The van der Waals surface area contributed by atoms with Crippen LogP contribution in [-0.4, -0.2) is 70.2 Å². The van der Waals surface area contributed by atoms with Crippen molar-refractivity contribution in [2.75, 3.05) is 0 Å². The number of aliphatic hydroxyl groups excluding tert-OH is 1. The number of fused-ring (bicyclic) bond motifs is 3. The molecule has 1 aromatic rings. The molecule has 3 aliphatic rings. The van der Waals surface area contributed by atoms with E-state index >= 15 is 0 Å². The average Bonchev–Trinajstić information content (AvgIpc) is 2.91. The van der Waals surface area contributed by atoms with Crippen molar-refractivity contribution in [3.63, 3.8) is 0 Å². The Morgan fingerprint density at radius 2 is 1.47 bits per heavy atom. The Hall–Kier alpha value is -3.50. The summed E-state index contributed by atoms with van der Waals surface area (Å²) in [6.07, 6.45) is -5.39. The molecule has 0 unspecified atom stereocenters. The van der Waals surface area contributed by atoms with Gasteiger partial charge < -0.3 is 29.2 Å². The zero-order valence-electron chi connectivity index (χ0n) is 25.8. The van der Waals surface area contributed by atoms with Crippen LogP contribution in [0.15, 0.2) is 53.6 Å². The smallest absolute Gasteiger partial charge is 0.338 e. The zero-order valence-corrected chi connectivity index (χ0v) is 25.8. The first-order valence-electron chi connectivity index (χ1n) is 14.5. The first-order valence-corrected chi connectivity index (χ1v) is 14.5. The molecule has 0 aliphatic heterocycles. The maximum atomic E-state index is 13.7. The molecule has 0 spiro atoms. The first-order chi connectivity index (χ1) is 20.0. The van der Waals surface area contributed by atoms with Crippen molar-refractivity contribution in [3.05, 3.63) is 59.2 Å². The summed E-state index contributed by atoms with van der Waals surface area (Å²) in [5.74, 6) is -3.60. The Kier molecular flexibility index (Phi) is 8.70. The molecule has 1 aromatic carbocycles. The van der Waals surface area contributed by atoms with E-state index in [1.54, 1.807) is 58.0 Å². The summed E-state index contributed by atoms with van der Waals surface area (Å²) in [5, 5.41) is 24.1. The fourth-order valence-corrected chi connectivity index (χ4v) is 7.62. The van der Waals surface area contributed by atoms with E-state index in [2.05, 4.69) is 6.58 Å². The SMILES string of the molecule is C=C1[C@@H]2[C@@H](OC(=O)c3ccccc3)[C@]3(O)C[C@H](OC(C)=O)C(C)=C([C@@H](OC(C)=O)[C@H](OC(C)=O)[C@]2(C)CC[C@@H]1O)C3(C)C. The molecule has 2 saturated carbocycles. The third-order valence-electron chi connectivity index (χ3n) is 9.77. The van der Waals surface area contributed by atoms with E-state index in [1.165, 1.54) is 20.8 Å². The van der Waals surface area contributed by atoms with Gasteiger partial charge in [-0.2, -0.15) is 0 Å². The minimum absolute atomic E-state index is 0.164. The molecule has 2 fully saturated rings. The monoisotopic (exact) mass is 598 g/mol. The zero-order chi connectivity index (χ0) is 32.1. The van der Waals surface area contributed by atoms with Gasteiger partial charge >= 0.3 is 23.9 Å². The van der Waals surface area contributed by atoms with Gasteiger partial charge in [-0.05, 0) is 48.6 Å². The lowest BCUT2D eigenvalue weighted by Crippen LogP contribution is -2.71. The maximum Gasteiger partial charge on any atom is 0.338 e.